The second-order valence-corrected chi connectivity index (χ2v) is 10.1. The Morgan fingerprint density at radius 2 is 1.60 bits per heavy atom. The van der Waals surface area contributed by atoms with E-state index in [1.54, 1.807) is 49.5 Å². The van der Waals surface area contributed by atoms with Crippen molar-refractivity contribution >= 4 is 46.2 Å². The molecule has 0 saturated carbocycles. The lowest BCUT2D eigenvalue weighted by Gasteiger charge is -2.34. The predicted molar refractivity (Wildman–Crippen MR) is 162 cm³/mol. The van der Waals surface area contributed by atoms with Crippen LogP contribution in [0.15, 0.2) is 41.0 Å². The Balaban J connectivity index is 0.000000207. The number of nitrogens with zero attached hydrogens (tertiary/aromatic N) is 7. The number of carbonyl (C=O) groups is 1. The number of furan rings is 1. The topological polar surface area (TPSA) is 202 Å². The average Bonchev–Trinajstić information content (AvgIpc) is 3.58. The number of benzene rings is 1. The molecule has 2 aliphatic rings. The lowest BCUT2D eigenvalue weighted by molar-refractivity contribution is -0.576. The van der Waals surface area contributed by atoms with Crippen LogP contribution in [0.1, 0.15) is 29.8 Å². The first-order valence-electron chi connectivity index (χ1n) is 14.0. The summed E-state index contributed by atoms with van der Waals surface area (Å²) in [5.41, 5.74) is 17.8. The van der Waals surface area contributed by atoms with Gasteiger partial charge in [-0.25, -0.2) is 9.71 Å². The smallest absolute Gasteiger partial charge is 0.346 e. The molecule has 2 fully saturated rings. The zero-order chi connectivity index (χ0) is 30.5. The monoisotopic (exact) mass is 592 g/mol. The Morgan fingerprint density at radius 1 is 0.907 bits per heavy atom. The molecule has 0 radical (unpaired) electrons. The maximum atomic E-state index is 12.4. The van der Waals surface area contributed by atoms with Crippen LogP contribution >= 0.6 is 0 Å². The third-order valence-electron chi connectivity index (χ3n) is 7.43. The molecule has 5 heterocycles. The molecule has 1 amide bonds. The van der Waals surface area contributed by atoms with E-state index < -0.39 is 0 Å². The first-order chi connectivity index (χ1) is 20.8. The van der Waals surface area contributed by atoms with Crippen molar-refractivity contribution in [1.82, 2.24) is 19.9 Å². The van der Waals surface area contributed by atoms with Gasteiger partial charge in [0.25, 0.3) is 5.91 Å². The molecule has 15 nitrogen and oxygen atoms in total. The summed E-state index contributed by atoms with van der Waals surface area (Å²) in [6.45, 7) is 4.21. The maximum absolute atomic E-state index is 12.4. The molecule has 4 aromatic rings. The quantitative estimate of drug-likeness (QED) is 0.223. The van der Waals surface area contributed by atoms with E-state index in [9.17, 15) is 10.0 Å². The standard InChI is InChI=1S/C19H21N5O4.C9H15N5O/c1-26-15-10-12-13(11-16(15)27-2)21-19(22-17(12)20)24-7-5-23(6-8-24)18(25)14-4-3-9-28-14;10-7-6-8(12-9(11)14(7)15)13-4-2-1-3-5-13/h3-4,9-11H,5-8H2,1-2H3,(H2,20,21,22);6H,1-5,10H2,(H2,11,12). The number of ether oxygens (including phenoxy) is 2. The van der Waals surface area contributed by atoms with E-state index in [0.717, 1.165) is 25.9 Å². The summed E-state index contributed by atoms with van der Waals surface area (Å²) in [5, 5.41) is 11.9. The molecule has 6 rings (SSSR count). The van der Waals surface area contributed by atoms with Crippen molar-refractivity contribution in [3.8, 4) is 11.5 Å². The van der Waals surface area contributed by atoms with Gasteiger partial charge in [0, 0.05) is 50.7 Å². The summed E-state index contributed by atoms with van der Waals surface area (Å²) in [7, 11) is 3.14. The lowest BCUT2D eigenvalue weighted by atomic mass is 10.1. The minimum Gasteiger partial charge on any atom is -0.754 e. The zero-order valence-electron chi connectivity index (χ0n) is 24.2. The highest BCUT2D eigenvalue weighted by molar-refractivity contribution is 5.92. The fourth-order valence-corrected chi connectivity index (χ4v) is 5.08. The number of anilines is 5. The van der Waals surface area contributed by atoms with Crippen molar-refractivity contribution in [3.05, 3.63) is 47.6 Å². The van der Waals surface area contributed by atoms with Gasteiger partial charge in [-0.15, -0.1) is 0 Å². The van der Waals surface area contributed by atoms with Crippen LogP contribution in [0.4, 0.5) is 29.4 Å². The van der Waals surface area contributed by atoms with Gasteiger partial charge >= 0.3 is 5.95 Å². The summed E-state index contributed by atoms with van der Waals surface area (Å²) < 4.78 is 16.3. The average molecular weight is 593 g/mol. The molecule has 0 spiro atoms. The van der Waals surface area contributed by atoms with Gasteiger partial charge in [0.2, 0.25) is 5.95 Å². The molecule has 43 heavy (non-hydrogen) atoms. The largest absolute Gasteiger partial charge is 0.754 e. The molecular weight excluding hydrogens is 556 g/mol. The van der Waals surface area contributed by atoms with Crippen LogP contribution in [0.2, 0.25) is 0 Å². The van der Waals surface area contributed by atoms with Crippen LogP contribution in [0, 0.1) is 5.21 Å². The van der Waals surface area contributed by atoms with Crippen molar-refractivity contribution in [2.24, 2.45) is 0 Å². The SMILES string of the molecule is COc1cc2nc(N3CCN(C(=O)c4ccco4)CC3)nc(N)c2cc1OC.Nc1cc(N2CCCCC2)nc(N)[n+]1[O-]. The number of piperidine rings is 1. The molecule has 2 saturated heterocycles. The van der Waals surface area contributed by atoms with Crippen LogP contribution in [0.25, 0.3) is 10.9 Å². The predicted octanol–water partition coefficient (Wildman–Crippen LogP) is 1.65. The van der Waals surface area contributed by atoms with Gasteiger partial charge in [-0.05, 0) is 37.5 Å². The Hall–Kier alpha value is -5.21. The maximum Gasteiger partial charge on any atom is 0.346 e. The zero-order valence-corrected chi connectivity index (χ0v) is 24.2. The van der Waals surface area contributed by atoms with E-state index in [2.05, 4.69) is 19.9 Å². The number of nitrogens with two attached hydrogens (primary N) is 3. The van der Waals surface area contributed by atoms with Crippen LogP contribution in [0.3, 0.4) is 0 Å². The Morgan fingerprint density at radius 3 is 2.23 bits per heavy atom. The number of aromatic nitrogens is 4. The molecule has 3 aromatic heterocycles. The van der Waals surface area contributed by atoms with Gasteiger partial charge in [0.05, 0.1) is 32.1 Å². The molecule has 6 N–H and O–H groups in total. The molecule has 228 valence electrons. The van der Waals surface area contributed by atoms with Crippen LogP contribution < -0.4 is 41.2 Å². The van der Waals surface area contributed by atoms with Gasteiger partial charge in [0.1, 0.15) is 5.82 Å². The minimum atomic E-state index is -0.111. The highest BCUT2D eigenvalue weighted by Gasteiger charge is 2.25. The van der Waals surface area contributed by atoms with Gasteiger partial charge < -0.3 is 51.0 Å². The molecule has 1 aromatic carbocycles. The highest BCUT2D eigenvalue weighted by atomic mass is 16.5. The molecule has 0 unspecified atom stereocenters. The van der Waals surface area contributed by atoms with E-state index in [-0.39, 0.29) is 17.7 Å². The van der Waals surface area contributed by atoms with Crippen molar-refractivity contribution in [2.45, 2.75) is 19.3 Å². The number of hydrogen-bond acceptors (Lipinski definition) is 13. The Bertz CT molecular complexity index is 1550. The summed E-state index contributed by atoms with van der Waals surface area (Å²) in [6.07, 6.45) is 5.04. The van der Waals surface area contributed by atoms with E-state index in [1.165, 1.54) is 12.7 Å². The second kappa shape index (κ2) is 12.8. The first-order valence-corrected chi connectivity index (χ1v) is 14.0. The molecule has 15 heteroatoms. The summed E-state index contributed by atoms with van der Waals surface area (Å²) in [4.78, 5) is 31.4. The fourth-order valence-electron chi connectivity index (χ4n) is 5.08. The van der Waals surface area contributed by atoms with Gasteiger partial charge in [-0.1, -0.05) is 4.98 Å². The lowest BCUT2D eigenvalue weighted by Crippen LogP contribution is -2.49. The number of nitrogen functional groups attached to an aromatic ring is 3. The van der Waals surface area contributed by atoms with Crippen molar-refractivity contribution < 1.29 is 23.4 Å². The van der Waals surface area contributed by atoms with Crippen LogP contribution in [0.5, 0.6) is 11.5 Å². The van der Waals surface area contributed by atoms with Gasteiger partial charge in [-0.3, -0.25) is 4.79 Å². The van der Waals surface area contributed by atoms with Gasteiger partial charge in [-0.2, -0.15) is 4.98 Å². The van der Waals surface area contributed by atoms with Crippen molar-refractivity contribution in [2.75, 3.05) is 80.5 Å². The fraction of sp³-hybridized carbons (Fsp3) is 0.393. The third kappa shape index (κ3) is 6.34. The summed E-state index contributed by atoms with van der Waals surface area (Å²) in [5.74, 6) is 3.00. The molecule has 0 bridgehead atoms. The Kier molecular flexibility index (Phi) is 8.69. The van der Waals surface area contributed by atoms with Gasteiger partial charge in [0.15, 0.2) is 28.9 Å². The highest BCUT2D eigenvalue weighted by Crippen LogP contribution is 2.34. The van der Waals surface area contributed by atoms with Crippen LogP contribution in [-0.4, -0.2) is 79.2 Å². The number of rotatable bonds is 5. The van der Waals surface area contributed by atoms with Crippen molar-refractivity contribution in [1.29, 1.82) is 0 Å². The number of piperazine rings is 1. The number of amides is 1. The van der Waals surface area contributed by atoms with E-state index in [1.807, 2.05) is 4.90 Å². The van der Waals surface area contributed by atoms with E-state index in [4.69, 9.17) is 31.1 Å². The number of carbonyl (C=O) groups excluding carboxylic acids is 1. The second-order valence-electron chi connectivity index (χ2n) is 10.1. The number of hydrogen-bond donors (Lipinski definition) is 3. The first kappa shape index (κ1) is 29.3. The normalized spacial score (nSPS) is 15.2. The van der Waals surface area contributed by atoms with E-state index in [0.29, 0.717) is 76.7 Å². The van der Waals surface area contributed by atoms with Crippen molar-refractivity contribution in [3.63, 3.8) is 0 Å². The summed E-state index contributed by atoms with van der Waals surface area (Å²) >= 11 is 0. The summed E-state index contributed by atoms with van der Waals surface area (Å²) in [6, 6.07) is 8.51. The Labute approximate surface area is 248 Å². The molecule has 0 aliphatic carbocycles. The minimum absolute atomic E-state index is 0.0874. The number of fused-ring (bicyclic) bond motifs is 1. The third-order valence-corrected chi connectivity index (χ3v) is 7.43. The molecule has 0 atom stereocenters. The molecular formula is C28H36N10O5. The number of methoxy groups -OCH3 is 2. The van der Waals surface area contributed by atoms with Crippen LogP contribution in [-0.2, 0) is 0 Å². The molecule has 2 aliphatic heterocycles. The van der Waals surface area contributed by atoms with E-state index >= 15 is 0 Å².